The van der Waals surface area contributed by atoms with Crippen molar-refractivity contribution in [2.45, 2.75) is 37.4 Å². The molecule has 0 aromatic carbocycles. The van der Waals surface area contributed by atoms with E-state index in [4.69, 9.17) is 4.42 Å². The van der Waals surface area contributed by atoms with Crippen LogP contribution in [0.4, 0.5) is 0 Å². The van der Waals surface area contributed by atoms with E-state index in [-0.39, 0.29) is 36.8 Å². The van der Waals surface area contributed by atoms with Crippen LogP contribution in [0.1, 0.15) is 29.8 Å². The highest BCUT2D eigenvalue weighted by molar-refractivity contribution is 5.95. The number of pyridine rings is 1. The lowest BCUT2D eigenvalue weighted by Gasteiger charge is -2.21. The molecule has 21 heavy (non-hydrogen) atoms. The minimum atomic E-state index is -0.0950. The minimum Gasteiger partial charge on any atom is -0.463 e. The molecule has 2 saturated heterocycles. The number of hydrogen-bond donors (Lipinski definition) is 2. The number of rotatable bonds is 2. The van der Waals surface area contributed by atoms with Gasteiger partial charge in [-0.3, -0.25) is 4.79 Å². The van der Waals surface area contributed by atoms with Crippen molar-refractivity contribution in [3.63, 3.8) is 0 Å². The second-order valence-electron chi connectivity index (χ2n) is 5.39. The average Bonchev–Trinajstić information content (AvgIpc) is 3.13. The van der Waals surface area contributed by atoms with E-state index in [1.165, 1.54) is 6.42 Å². The van der Waals surface area contributed by atoms with Crippen LogP contribution < -0.4 is 10.6 Å². The SMILES string of the molecule is Cl.Cl.O=C(NC1CC2CCC1N2)c1cc2ccoc2cn1. The first-order valence-corrected chi connectivity index (χ1v) is 6.70. The smallest absolute Gasteiger partial charge is 0.270 e. The highest BCUT2D eigenvalue weighted by Gasteiger charge is 2.39. The third kappa shape index (κ3) is 2.86. The van der Waals surface area contributed by atoms with Gasteiger partial charge in [0.05, 0.1) is 12.5 Å². The Hall–Kier alpha value is -1.30. The Morgan fingerprint density at radius 1 is 1.38 bits per heavy atom. The molecule has 0 radical (unpaired) electrons. The molecule has 2 N–H and O–H groups in total. The van der Waals surface area contributed by atoms with E-state index >= 15 is 0 Å². The molecule has 0 saturated carbocycles. The number of amides is 1. The van der Waals surface area contributed by atoms with Crippen molar-refractivity contribution in [3.8, 4) is 0 Å². The van der Waals surface area contributed by atoms with Crippen LogP contribution in [0, 0.1) is 0 Å². The Balaban J connectivity index is 0.000000807. The van der Waals surface area contributed by atoms with E-state index in [0.29, 0.717) is 23.4 Å². The highest BCUT2D eigenvalue weighted by atomic mass is 35.5. The summed E-state index contributed by atoms with van der Waals surface area (Å²) in [6.45, 7) is 0. The predicted octanol–water partition coefficient (Wildman–Crippen LogP) is 2.29. The number of hydrogen-bond acceptors (Lipinski definition) is 4. The molecule has 114 valence electrons. The van der Waals surface area contributed by atoms with Crippen LogP contribution >= 0.6 is 24.8 Å². The summed E-state index contributed by atoms with van der Waals surface area (Å²) in [6, 6.07) is 4.88. The lowest BCUT2D eigenvalue weighted by molar-refractivity contribution is 0.0926. The average molecular weight is 330 g/mol. The van der Waals surface area contributed by atoms with E-state index in [1.54, 1.807) is 18.5 Å². The Morgan fingerprint density at radius 2 is 2.24 bits per heavy atom. The summed E-state index contributed by atoms with van der Waals surface area (Å²) >= 11 is 0. The van der Waals surface area contributed by atoms with Gasteiger partial charge in [0.15, 0.2) is 5.58 Å². The molecule has 2 aromatic heterocycles. The first-order chi connectivity index (χ1) is 9.29. The maximum Gasteiger partial charge on any atom is 0.270 e. The molecular weight excluding hydrogens is 313 g/mol. The molecule has 5 nitrogen and oxygen atoms in total. The predicted molar refractivity (Wildman–Crippen MR) is 84.3 cm³/mol. The van der Waals surface area contributed by atoms with Gasteiger partial charge in [0, 0.05) is 23.5 Å². The van der Waals surface area contributed by atoms with E-state index in [2.05, 4.69) is 15.6 Å². The molecule has 0 spiro atoms. The topological polar surface area (TPSA) is 67.2 Å². The molecule has 4 heterocycles. The zero-order chi connectivity index (χ0) is 12.8. The summed E-state index contributed by atoms with van der Waals surface area (Å²) in [5.74, 6) is -0.0950. The second kappa shape index (κ2) is 6.22. The van der Waals surface area contributed by atoms with Gasteiger partial charge in [0.25, 0.3) is 5.91 Å². The summed E-state index contributed by atoms with van der Waals surface area (Å²) in [4.78, 5) is 16.4. The quantitative estimate of drug-likeness (QED) is 0.887. The molecule has 2 aliphatic heterocycles. The van der Waals surface area contributed by atoms with Crippen LogP contribution in [-0.4, -0.2) is 29.0 Å². The van der Waals surface area contributed by atoms with E-state index in [9.17, 15) is 4.79 Å². The van der Waals surface area contributed by atoms with Crippen LogP contribution in [0.15, 0.2) is 29.0 Å². The summed E-state index contributed by atoms with van der Waals surface area (Å²) in [5, 5.41) is 7.51. The molecule has 0 aliphatic carbocycles. The van der Waals surface area contributed by atoms with Crippen molar-refractivity contribution in [1.82, 2.24) is 15.6 Å². The zero-order valence-corrected chi connectivity index (χ0v) is 12.9. The van der Waals surface area contributed by atoms with Crippen molar-refractivity contribution in [3.05, 3.63) is 30.3 Å². The van der Waals surface area contributed by atoms with Crippen LogP contribution in [0.5, 0.6) is 0 Å². The molecule has 2 aromatic rings. The van der Waals surface area contributed by atoms with E-state index < -0.39 is 0 Å². The van der Waals surface area contributed by atoms with Crippen LogP contribution in [0.2, 0.25) is 0 Å². The Bertz CT molecular complexity index is 646. The van der Waals surface area contributed by atoms with Crippen LogP contribution in [0.25, 0.3) is 11.0 Å². The third-order valence-electron chi connectivity index (χ3n) is 4.19. The minimum absolute atomic E-state index is 0. The Morgan fingerprint density at radius 3 is 2.95 bits per heavy atom. The molecule has 2 bridgehead atoms. The maximum atomic E-state index is 12.2. The molecule has 2 aliphatic rings. The number of nitrogens with one attached hydrogen (secondary N) is 2. The van der Waals surface area contributed by atoms with Gasteiger partial charge in [-0.2, -0.15) is 0 Å². The largest absolute Gasteiger partial charge is 0.463 e. The number of nitrogens with zero attached hydrogens (tertiary/aromatic N) is 1. The molecule has 2 fully saturated rings. The maximum absolute atomic E-state index is 12.2. The monoisotopic (exact) mass is 329 g/mol. The van der Waals surface area contributed by atoms with Gasteiger partial charge in [-0.15, -0.1) is 24.8 Å². The lowest BCUT2D eigenvalue weighted by atomic mass is 9.95. The number of carbonyl (C=O) groups is 1. The van der Waals surface area contributed by atoms with Crippen LogP contribution in [-0.2, 0) is 0 Å². The Kier molecular flexibility index (Phi) is 4.76. The van der Waals surface area contributed by atoms with Gasteiger partial charge >= 0.3 is 0 Å². The third-order valence-corrected chi connectivity index (χ3v) is 4.19. The standard InChI is InChI=1S/C14H15N3O2.2ClH/c18-14(17-11-6-9-1-2-10(11)16-9)12-5-8-3-4-19-13(8)7-15-12;;/h3-5,7,9-11,16H,1-2,6H2,(H,17,18);2*1H. The van der Waals surface area contributed by atoms with Gasteiger partial charge in [-0.1, -0.05) is 0 Å². The summed E-state index contributed by atoms with van der Waals surface area (Å²) in [5.41, 5.74) is 1.16. The fourth-order valence-electron chi connectivity index (χ4n) is 3.22. The summed E-state index contributed by atoms with van der Waals surface area (Å²) < 4.78 is 5.22. The lowest BCUT2D eigenvalue weighted by Crippen LogP contribution is -2.43. The van der Waals surface area contributed by atoms with E-state index in [1.807, 2.05) is 6.07 Å². The molecule has 3 unspecified atom stereocenters. The number of aromatic nitrogens is 1. The number of carbonyl (C=O) groups excluding carboxylic acids is 1. The molecule has 4 rings (SSSR count). The molecule has 1 amide bonds. The summed E-state index contributed by atoms with van der Waals surface area (Å²) in [6.07, 6.45) is 6.63. The van der Waals surface area contributed by atoms with E-state index in [0.717, 1.165) is 18.2 Å². The highest BCUT2D eigenvalue weighted by Crippen LogP contribution is 2.28. The van der Waals surface area contributed by atoms with Crippen LogP contribution in [0.3, 0.4) is 0 Å². The van der Waals surface area contributed by atoms with Gasteiger partial charge in [-0.25, -0.2) is 4.98 Å². The molecular formula is C14H17Cl2N3O2. The molecule has 7 heteroatoms. The first kappa shape index (κ1) is 16.1. The number of halogens is 2. The van der Waals surface area contributed by atoms with Crippen molar-refractivity contribution in [2.24, 2.45) is 0 Å². The van der Waals surface area contributed by atoms with Crippen molar-refractivity contribution < 1.29 is 9.21 Å². The fraction of sp³-hybridized carbons (Fsp3) is 0.429. The van der Waals surface area contributed by atoms with Gasteiger partial charge in [-0.05, 0) is 31.4 Å². The van der Waals surface area contributed by atoms with Crippen molar-refractivity contribution in [1.29, 1.82) is 0 Å². The first-order valence-electron chi connectivity index (χ1n) is 6.70. The zero-order valence-electron chi connectivity index (χ0n) is 11.2. The summed E-state index contributed by atoms with van der Waals surface area (Å²) in [7, 11) is 0. The van der Waals surface area contributed by atoms with Gasteiger partial charge < -0.3 is 15.1 Å². The molecule has 3 atom stereocenters. The number of furan rings is 1. The van der Waals surface area contributed by atoms with Crippen molar-refractivity contribution >= 4 is 41.7 Å². The fourth-order valence-corrected chi connectivity index (χ4v) is 3.22. The number of fused-ring (bicyclic) bond motifs is 3. The van der Waals surface area contributed by atoms with Gasteiger partial charge in [0.1, 0.15) is 5.69 Å². The second-order valence-corrected chi connectivity index (χ2v) is 5.39. The normalized spacial score (nSPS) is 26.2. The van der Waals surface area contributed by atoms with Gasteiger partial charge in [0.2, 0.25) is 0 Å². The Labute approximate surface area is 134 Å². The van der Waals surface area contributed by atoms with Crippen molar-refractivity contribution in [2.75, 3.05) is 0 Å².